The van der Waals surface area contributed by atoms with Crippen molar-refractivity contribution in [2.75, 3.05) is 32.6 Å². The molecule has 24 heavy (non-hydrogen) atoms. The van der Waals surface area contributed by atoms with E-state index in [1.807, 2.05) is 31.3 Å². The van der Waals surface area contributed by atoms with Gasteiger partial charge in [0.15, 0.2) is 5.96 Å². The molecule has 1 heterocycles. The van der Waals surface area contributed by atoms with Gasteiger partial charge in [0.2, 0.25) is 0 Å². The number of methoxy groups -OCH3 is 1. The van der Waals surface area contributed by atoms with Gasteiger partial charge in [-0.05, 0) is 42.4 Å². The Bertz CT molecular complexity index is 608. The molecule has 1 spiro atoms. The van der Waals surface area contributed by atoms with Crippen molar-refractivity contribution in [3.63, 3.8) is 0 Å². The maximum absolute atomic E-state index is 11.2. The summed E-state index contributed by atoms with van der Waals surface area (Å²) in [5.41, 5.74) is 2.43. The van der Waals surface area contributed by atoms with Crippen molar-refractivity contribution in [3.05, 3.63) is 29.8 Å². The van der Waals surface area contributed by atoms with Gasteiger partial charge in [0.05, 0.1) is 7.11 Å². The number of carbonyl (C=O) groups is 1. The van der Waals surface area contributed by atoms with Gasteiger partial charge in [0.25, 0.3) is 0 Å². The predicted octanol–water partition coefficient (Wildman–Crippen LogP) is 2.82. The van der Waals surface area contributed by atoms with E-state index in [1.54, 1.807) is 0 Å². The molecule has 6 heteroatoms. The van der Waals surface area contributed by atoms with E-state index in [9.17, 15) is 4.79 Å². The zero-order valence-corrected chi connectivity index (χ0v) is 14.5. The van der Waals surface area contributed by atoms with Crippen LogP contribution in [0.5, 0.6) is 0 Å². The first-order valence-corrected chi connectivity index (χ1v) is 8.54. The minimum absolute atomic E-state index is 0.458. The minimum atomic E-state index is -0.458. The van der Waals surface area contributed by atoms with Crippen LogP contribution in [0.25, 0.3) is 0 Å². The maximum Gasteiger partial charge on any atom is 0.411 e. The van der Waals surface area contributed by atoms with E-state index in [0.29, 0.717) is 12.0 Å². The van der Waals surface area contributed by atoms with Crippen LogP contribution < -0.4 is 10.6 Å². The molecular weight excluding hydrogens is 304 g/mol. The molecule has 130 valence electrons. The van der Waals surface area contributed by atoms with Gasteiger partial charge in [-0.1, -0.05) is 18.6 Å². The van der Waals surface area contributed by atoms with Crippen LogP contribution in [-0.2, 0) is 11.3 Å². The molecule has 1 aromatic carbocycles. The summed E-state index contributed by atoms with van der Waals surface area (Å²) in [4.78, 5) is 18.0. The Morgan fingerprint density at radius 2 is 2.04 bits per heavy atom. The lowest BCUT2D eigenvalue weighted by molar-refractivity contribution is 0.151. The normalized spacial score (nSPS) is 19.1. The van der Waals surface area contributed by atoms with Crippen LogP contribution in [0.2, 0.25) is 0 Å². The van der Waals surface area contributed by atoms with Crippen molar-refractivity contribution < 1.29 is 9.53 Å². The number of hydrogen-bond acceptors (Lipinski definition) is 3. The number of nitrogens with zero attached hydrogens (tertiary/aromatic N) is 2. The summed E-state index contributed by atoms with van der Waals surface area (Å²) in [5.74, 6) is 0.982. The second-order valence-electron chi connectivity index (χ2n) is 6.74. The smallest absolute Gasteiger partial charge is 0.411 e. The minimum Gasteiger partial charge on any atom is -0.453 e. The van der Waals surface area contributed by atoms with Crippen molar-refractivity contribution in [1.82, 2.24) is 10.2 Å². The fraction of sp³-hybridized carbons (Fsp3) is 0.556. The van der Waals surface area contributed by atoms with Gasteiger partial charge in [-0.2, -0.15) is 0 Å². The Hall–Kier alpha value is -2.24. The van der Waals surface area contributed by atoms with Gasteiger partial charge >= 0.3 is 6.09 Å². The lowest BCUT2D eigenvalue weighted by Gasteiger charge is -2.38. The molecule has 1 aromatic rings. The molecule has 1 saturated carbocycles. The van der Waals surface area contributed by atoms with Crippen molar-refractivity contribution in [1.29, 1.82) is 0 Å². The number of guanidine groups is 1. The highest BCUT2D eigenvalue weighted by molar-refractivity contribution is 5.84. The summed E-state index contributed by atoms with van der Waals surface area (Å²) in [7, 11) is 3.20. The van der Waals surface area contributed by atoms with E-state index >= 15 is 0 Å². The van der Waals surface area contributed by atoms with Gasteiger partial charge in [0, 0.05) is 32.4 Å². The maximum atomic E-state index is 11.2. The molecule has 2 fully saturated rings. The topological polar surface area (TPSA) is 66.0 Å². The van der Waals surface area contributed by atoms with E-state index in [-0.39, 0.29) is 0 Å². The fourth-order valence-corrected chi connectivity index (χ4v) is 3.59. The molecule has 1 aliphatic carbocycles. The van der Waals surface area contributed by atoms with Gasteiger partial charge < -0.3 is 15.0 Å². The van der Waals surface area contributed by atoms with E-state index < -0.39 is 6.09 Å². The van der Waals surface area contributed by atoms with Crippen LogP contribution >= 0.6 is 0 Å². The van der Waals surface area contributed by atoms with Crippen molar-refractivity contribution in [2.45, 2.75) is 32.2 Å². The zero-order valence-electron chi connectivity index (χ0n) is 14.5. The number of rotatable bonds is 3. The number of aliphatic imine (C=N–C) groups is 1. The molecule has 0 unspecified atom stereocenters. The first-order chi connectivity index (χ1) is 11.6. The van der Waals surface area contributed by atoms with Crippen LogP contribution in [0, 0.1) is 5.41 Å². The Morgan fingerprint density at radius 1 is 1.29 bits per heavy atom. The molecule has 1 aliphatic heterocycles. The zero-order chi connectivity index (χ0) is 17.0. The van der Waals surface area contributed by atoms with Gasteiger partial charge in [-0.15, -0.1) is 0 Å². The molecule has 1 saturated heterocycles. The van der Waals surface area contributed by atoms with Crippen LogP contribution in [-0.4, -0.2) is 44.2 Å². The third kappa shape index (κ3) is 3.63. The quantitative estimate of drug-likeness (QED) is 0.661. The van der Waals surface area contributed by atoms with Crippen molar-refractivity contribution in [2.24, 2.45) is 10.4 Å². The second kappa shape index (κ2) is 7.11. The van der Waals surface area contributed by atoms with Crippen molar-refractivity contribution in [3.8, 4) is 0 Å². The largest absolute Gasteiger partial charge is 0.453 e. The number of ether oxygens (including phenoxy) is 1. The van der Waals surface area contributed by atoms with E-state index in [1.165, 1.54) is 32.8 Å². The number of amides is 1. The Labute approximate surface area is 143 Å². The molecule has 0 bridgehead atoms. The first kappa shape index (κ1) is 16.6. The average molecular weight is 330 g/mol. The predicted molar refractivity (Wildman–Crippen MR) is 95.1 cm³/mol. The van der Waals surface area contributed by atoms with Gasteiger partial charge in [0.1, 0.15) is 0 Å². The SMILES string of the molecule is CN=C(NCc1ccc(NC(=O)OC)cc1)N1CCC2(CCC2)C1. The Kier molecular flexibility index (Phi) is 4.92. The summed E-state index contributed by atoms with van der Waals surface area (Å²) < 4.78 is 4.58. The molecule has 6 nitrogen and oxygen atoms in total. The van der Waals surface area contributed by atoms with Crippen LogP contribution in [0.4, 0.5) is 10.5 Å². The standard InChI is InChI=1S/C18H26N4O2/c1-19-16(22-11-10-18(13-22)8-3-9-18)20-12-14-4-6-15(7-5-14)21-17(23)24-2/h4-7H,3,8-13H2,1-2H3,(H,19,20)(H,21,23). The van der Waals surface area contributed by atoms with Gasteiger partial charge in [-0.3, -0.25) is 10.3 Å². The number of benzene rings is 1. The van der Waals surface area contributed by atoms with E-state index in [4.69, 9.17) is 0 Å². The van der Waals surface area contributed by atoms with E-state index in [0.717, 1.165) is 30.3 Å². The number of likely N-dealkylation sites (tertiary alicyclic amines) is 1. The fourth-order valence-electron chi connectivity index (χ4n) is 3.59. The highest BCUT2D eigenvalue weighted by atomic mass is 16.5. The Balaban J connectivity index is 1.51. The summed E-state index contributed by atoms with van der Waals surface area (Å²) in [5, 5.41) is 6.10. The molecule has 0 radical (unpaired) electrons. The van der Waals surface area contributed by atoms with Crippen LogP contribution in [0.1, 0.15) is 31.2 Å². The van der Waals surface area contributed by atoms with Gasteiger partial charge in [-0.25, -0.2) is 4.79 Å². The van der Waals surface area contributed by atoms with E-state index in [2.05, 4.69) is 25.3 Å². The first-order valence-electron chi connectivity index (χ1n) is 8.54. The monoisotopic (exact) mass is 330 g/mol. The summed E-state index contributed by atoms with van der Waals surface area (Å²) in [6.45, 7) is 2.95. The van der Waals surface area contributed by atoms with Crippen molar-refractivity contribution >= 4 is 17.7 Å². The molecule has 0 aromatic heterocycles. The summed E-state index contributed by atoms with van der Waals surface area (Å²) >= 11 is 0. The molecular formula is C18H26N4O2. The number of nitrogens with one attached hydrogen (secondary N) is 2. The third-order valence-corrected chi connectivity index (χ3v) is 5.20. The number of hydrogen-bond donors (Lipinski definition) is 2. The number of anilines is 1. The molecule has 2 N–H and O–H groups in total. The molecule has 1 amide bonds. The molecule has 2 aliphatic rings. The summed E-state index contributed by atoms with van der Waals surface area (Å²) in [6.07, 6.45) is 4.96. The highest BCUT2D eigenvalue weighted by Gasteiger charge is 2.43. The lowest BCUT2D eigenvalue weighted by Crippen LogP contribution is -2.42. The number of carbonyl (C=O) groups excluding carboxylic acids is 1. The Morgan fingerprint density at radius 3 is 2.58 bits per heavy atom. The second-order valence-corrected chi connectivity index (χ2v) is 6.74. The molecule has 3 rings (SSSR count). The highest BCUT2D eigenvalue weighted by Crippen LogP contribution is 2.47. The lowest BCUT2D eigenvalue weighted by atomic mass is 9.68. The average Bonchev–Trinajstić information content (AvgIpc) is 3.03. The third-order valence-electron chi connectivity index (χ3n) is 5.20. The van der Waals surface area contributed by atoms with Crippen LogP contribution in [0.15, 0.2) is 29.3 Å². The molecule has 0 atom stereocenters. The van der Waals surface area contributed by atoms with Crippen LogP contribution in [0.3, 0.4) is 0 Å². The summed E-state index contributed by atoms with van der Waals surface area (Å²) in [6, 6.07) is 7.72.